The van der Waals surface area contributed by atoms with Gasteiger partial charge in [-0.3, -0.25) is 9.20 Å². The van der Waals surface area contributed by atoms with Crippen LogP contribution in [0.4, 0.5) is 0 Å². The molecule has 0 N–H and O–H groups in total. The second-order valence-corrected chi connectivity index (χ2v) is 8.09. The number of para-hydroxylation sites is 1. The van der Waals surface area contributed by atoms with Gasteiger partial charge >= 0.3 is 5.97 Å². The van der Waals surface area contributed by atoms with Crippen LogP contribution in [0.25, 0.3) is 27.8 Å². The number of carbonyl (C=O) groups is 1. The topological polar surface area (TPSA) is 73.6 Å². The van der Waals surface area contributed by atoms with Crippen molar-refractivity contribution < 1.29 is 9.53 Å². The zero-order chi connectivity index (χ0) is 22.1. The highest BCUT2D eigenvalue weighted by atomic mass is 79.9. The number of rotatable bonds is 4. The molecule has 156 valence electrons. The van der Waals surface area contributed by atoms with Crippen LogP contribution in [-0.2, 0) is 11.3 Å². The van der Waals surface area contributed by atoms with Gasteiger partial charge < -0.3 is 4.74 Å². The van der Waals surface area contributed by atoms with Crippen LogP contribution in [0.2, 0.25) is 0 Å². The standard InChI is InChI=1S/C25H16BrN3O3/c26-17-10-11-23-27-18(12-24(30)29(23)14-17)15-32-25(31)20-13-22(16-6-2-1-3-7-16)28-21-9-5-4-8-19(20)21/h1-14H,15H2. The van der Waals surface area contributed by atoms with E-state index < -0.39 is 5.97 Å². The van der Waals surface area contributed by atoms with E-state index in [4.69, 9.17) is 9.72 Å². The van der Waals surface area contributed by atoms with Crippen LogP contribution in [0, 0.1) is 0 Å². The summed E-state index contributed by atoms with van der Waals surface area (Å²) < 4.78 is 7.75. The van der Waals surface area contributed by atoms with Gasteiger partial charge in [0.25, 0.3) is 5.56 Å². The Morgan fingerprint density at radius 2 is 1.72 bits per heavy atom. The number of hydrogen-bond acceptors (Lipinski definition) is 5. The van der Waals surface area contributed by atoms with Crippen molar-refractivity contribution in [3.63, 3.8) is 0 Å². The summed E-state index contributed by atoms with van der Waals surface area (Å²) >= 11 is 3.34. The monoisotopic (exact) mass is 485 g/mol. The van der Waals surface area contributed by atoms with E-state index in [9.17, 15) is 9.59 Å². The molecule has 0 saturated heterocycles. The predicted octanol–water partition coefficient (Wildman–Crippen LogP) is 5.03. The Morgan fingerprint density at radius 3 is 2.56 bits per heavy atom. The Morgan fingerprint density at radius 1 is 0.938 bits per heavy atom. The van der Waals surface area contributed by atoms with Gasteiger partial charge in [0.2, 0.25) is 0 Å². The molecule has 0 unspecified atom stereocenters. The quantitative estimate of drug-likeness (QED) is 0.333. The Labute approximate surface area is 191 Å². The van der Waals surface area contributed by atoms with E-state index in [-0.39, 0.29) is 12.2 Å². The molecule has 3 heterocycles. The Balaban J connectivity index is 1.48. The second kappa shape index (κ2) is 8.36. The first kappa shape index (κ1) is 20.1. The average Bonchev–Trinajstić information content (AvgIpc) is 2.83. The van der Waals surface area contributed by atoms with Gasteiger partial charge in [0.15, 0.2) is 0 Å². The van der Waals surface area contributed by atoms with Crippen molar-refractivity contribution >= 4 is 38.4 Å². The van der Waals surface area contributed by atoms with Crippen LogP contribution in [0.3, 0.4) is 0 Å². The van der Waals surface area contributed by atoms with Crippen molar-refractivity contribution in [2.75, 3.05) is 0 Å². The molecule has 6 nitrogen and oxygen atoms in total. The van der Waals surface area contributed by atoms with Gasteiger partial charge in [-0.2, -0.15) is 0 Å². The molecule has 0 aliphatic heterocycles. The normalized spacial score (nSPS) is 11.0. The molecule has 0 aliphatic rings. The Kier molecular flexibility index (Phi) is 5.25. The maximum atomic E-state index is 13.0. The van der Waals surface area contributed by atoms with Crippen LogP contribution >= 0.6 is 15.9 Å². The lowest BCUT2D eigenvalue weighted by Crippen LogP contribution is -2.16. The van der Waals surface area contributed by atoms with E-state index in [1.807, 2.05) is 54.6 Å². The summed E-state index contributed by atoms with van der Waals surface area (Å²) in [6.45, 7) is -0.113. The van der Waals surface area contributed by atoms with E-state index in [0.717, 1.165) is 10.0 Å². The first-order chi connectivity index (χ1) is 15.6. The van der Waals surface area contributed by atoms with Gasteiger partial charge in [-0.1, -0.05) is 48.5 Å². The number of aromatic nitrogens is 3. The number of hydrogen-bond donors (Lipinski definition) is 0. The minimum Gasteiger partial charge on any atom is -0.456 e. The SMILES string of the molecule is O=C(OCc1cc(=O)n2cc(Br)ccc2n1)c1cc(-c2ccccc2)nc2ccccc12. The van der Waals surface area contributed by atoms with Gasteiger partial charge in [-0.25, -0.2) is 14.8 Å². The van der Waals surface area contributed by atoms with Crippen LogP contribution < -0.4 is 5.56 Å². The molecule has 0 fully saturated rings. The molecule has 5 aromatic rings. The molecule has 0 spiro atoms. The highest BCUT2D eigenvalue weighted by Gasteiger charge is 2.16. The van der Waals surface area contributed by atoms with E-state index in [1.54, 1.807) is 24.4 Å². The third kappa shape index (κ3) is 3.90. The molecule has 3 aromatic heterocycles. The number of nitrogens with zero attached hydrogens (tertiary/aromatic N) is 3. The molecule has 2 aromatic carbocycles. The molecule has 0 saturated carbocycles. The molecule has 0 amide bonds. The minimum atomic E-state index is -0.501. The first-order valence-corrected chi connectivity index (χ1v) is 10.7. The molecule has 7 heteroatoms. The summed E-state index contributed by atoms with van der Waals surface area (Å²) in [5.74, 6) is -0.501. The third-order valence-electron chi connectivity index (χ3n) is 5.03. The summed E-state index contributed by atoms with van der Waals surface area (Å²) in [7, 11) is 0. The summed E-state index contributed by atoms with van der Waals surface area (Å²) in [6, 6.07) is 23.7. The Bertz CT molecular complexity index is 1530. The summed E-state index contributed by atoms with van der Waals surface area (Å²) in [5.41, 5.74) is 3.32. The van der Waals surface area contributed by atoms with E-state index >= 15 is 0 Å². The predicted molar refractivity (Wildman–Crippen MR) is 125 cm³/mol. The van der Waals surface area contributed by atoms with Crippen molar-refractivity contribution in [1.82, 2.24) is 14.4 Å². The minimum absolute atomic E-state index is 0.113. The van der Waals surface area contributed by atoms with Gasteiger partial charge in [0.1, 0.15) is 12.3 Å². The first-order valence-electron chi connectivity index (χ1n) is 9.89. The molecule has 32 heavy (non-hydrogen) atoms. The van der Waals surface area contributed by atoms with Crippen LogP contribution in [0.1, 0.15) is 16.1 Å². The number of benzene rings is 2. The van der Waals surface area contributed by atoms with E-state index in [2.05, 4.69) is 20.9 Å². The van der Waals surface area contributed by atoms with E-state index in [0.29, 0.717) is 33.5 Å². The van der Waals surface area contributed by atoms with Crippen molar-refractivity contribution in [2.24, 2.45) is 0 Å². The van der Waals surface area contributed by atoms with Crippen LogP contribution in [0.5, 0.6) is 0 Å². The molecule has 0 radical (unpaired) electrons. The number of carbonyl (C=O) groups excluding carboxylic acids is 1. The molecular formula is C25H16BrN3O3. The van der Waals surface area contributed by atoms with Crippen molar-refractivity contribution in [2.45, 2.75) is 6.61 Å². The maximum Gasteiger partial charge on any atom is 0.339 e. The third-order valence-corrected chi connectivity index (χ3v) is 5.50. The summed E-state index contributed by atoms with van der Waals surface area (Å²) in [5, 5.41) is 0.702. The Hall–Kier alpha value is -3.84. The number of pyridine rings is 2. The van der Waals surface area contributed by atoms with Crippen molar-refractivity contribution in [3.05, 3.63) is 111 Å². The molecule has 5 rings (SSSR count). The largest absolute Gasteiger partial charge is 0.456 e. The second-order valence-electron chi connectivity index (χ2n) is 7.18. The molecule has 0 aliphatic carbocycles. The molecule has 0 bridgehead atoms. The van der Waals surface area contributed by atoms with Gasteiger partial charge in [-0.05, 0) is 40.2 Å². The van der Waals surface area contributed by atoms with E-state index in [1.165, 1.54) is 10.5 Å². The fourth-order valence-electron chi connectivity index (χ4n) is 3.52. The van der Waals surface area contributed by atoms with Crippen molar-refractivity contribution in [1.29, 1.82) is 0 Å². The maximum absolute atomic E-state index is 13.0. The van der Waals surface area contributed by atoms with Crippen LogP contribution in [0.15, 0.2) is 94.3 Å². The fraction of sp³-hybridized carbons (Fsp3) is 0.0400. The summed E-state index contributed by atoms with van der Waals surface area (Å²) in [4.78, 5) is 34.6. The lowest BCUT2D eigenvalue weighted by molar-refractivity contribution is 0.0470. The number of fused-ring (bicyclic) bond motifs is 2. The fourth-order valence-corrected chi connectivity index (χ4v) is 3.86. The smallest absolute Gasteiger partial charge is 0.339 e. The zero-order valence-corrected chi connectivity index (χ0v) is 18.3. The number of esters is 1. The van der Waals surface area contributed by atoms with Gasteiger partial charge in [-0.15, -0.1) is 0 Å². The summed E-state index contributed by atoms with van der Waals surface area (Å²) in [6.07, 6.45) is 1.65. The van der Waals surface area contributed by atoms with Gasteiger partial charge in [0.05, 0.1) is 22.5 Å². The molecule has 0 atom stereocenters. The lowest BCUT2D eigenvalue weighted by atomic mass is 10.0. The van der Waals surface area contributed by atoms with Crippen molar-refractivity contribution in [3.8, 4) is 11.3 Å². The number of ether oxygens (including phenoxy) is 1. The highest BCUT2D eigenvalue weighted by Crippen LogP contribution is 2.25. The lowest BCUT2D eigenvalue weighted by Gasteiger charge is -2.10. The highest BCUT2D eigenvalue weighted by molar-refractivity contribution is 9.10. The number of halogens is 1. The zero-order valence-electron chi connectivity index (χ0n) is 16.7. The average molecular weight is 486 g/mol. The molecular weight excluding hydrogens is 470 g/mol. The van der Waals surface area contributed by atoms with Gasteiger partial charge in [0, 0.05) is 27.7 Å². The van der Waals surface area contributed by atoms with Crippen LogP contribution in [-0.4, -0.2) is 20.3 Å².